The number of hydrogen-bond donors (Lipinski definition) is 2. The maximum Gasteiger partial charge on any atom is 0.407 e. The molecule has 8 heteroatoms. The van der Waals surface area contributed by atoms with Gasteiger partial charge in [-0.15, -0.1) is 0 Å². The van der Waals surface area contributed by atoms with Crippen molar-refractivity contribution in [2.75, 3.05) is 33.4 Å². The number of nitrogens with one attached hydrogen (secondary N) is 2. The van der Waals surface area contributed by atoms with E-state index in [1.165, 1.54) is 0 Å². The maximum absolute atomic E-state index is 12.6. The fourth-order valence-electron chi connectivity index (χ4n) is 3.60. The van der Waals surface area contributed by atoms with E-state index >= 15 is 0 Å². The fraction of sp³-hybridized carbons (Fsp3) is 0.579. The summed E-state index contributed by atoms with van der Waals surface area (Å²) in [6, 6.07) is 5.49. The van der Waals surface area contributed by atoms with Crippen molar-refractivity contribution in [1.29, 1.82) is 0 Å². The molecule has 0 unspecified atom stereocenters. The molecule has 2 aliphatic rings. The van der Waals surface area contributed by atoms with Gasteiger partial charge in [0.15, 0.2) is 11.5 Å². The van der Waals surface area contributed by atoms with E-state index in [9.17, 15) is 9.59 Å². The Morgan fingerprint density at radius 1 is 1.37 bits per heavy atom. The maximum atomic E-state index is 12.6. The molecule has 3 amide bonds. The van der Waals surface area contributed by atoms with Gasteiger partial charge in [0.05, 0.1) is 20.3 Å². The van der Waals surface area contributed by atoms with E-state index in [1.54, 1.807) is 12.0 Å². The van der Waals surface area contributed by atoms with Gasteiger partial charge in [-0.05, 0) is 25.8 Å². The lowest BCUT2D eigenvalue weighted by atomic mass is 9.95. The van der Waals surface area contributed by atoms with Gasteiger partial charge in [-0.1, -0.05) is 12.1 Å². The van der Waals surface area contributed by atoms with E-state index < -0.39 is 5.60 Å². The summed E-state index contributed by atoms with van der Waals surface area (Å²) in [5.74, 6) is 1.30. The highest BCUT2D eigenvalue weighted by Gasteiger charge is 2.41. The van der Waals surface area contributed by atoms with Crippen LogP contribution in [0, 0.1) is 0 Å². The van der Waals surface area contributed by atoms with Crippen LogP contribution in [0.25, 0.3) is 0 Å². The molecule has 1 aromatic rings. The zero-order valence-corrected chi connectivity index (χ0v) is 15.9. The second-order valence-corrected chi connectivity index (χ2v) is 6.81. The van der Waals surface area contributed by atoms with Crippen LogP contribution >= 0.6 is 0 Å². The number of likely N-dealkylation sites (tertiary alicyclic amines) is 1. The average Bonchev–Trinajstić information content (AvgIpc) is 2.91. The minimum Gasteiger partial charge on any atom is -0.493 e. The molecule has 2 N–H and O–H groups in total. The molecule has 0 saturated carbocycles. The summed E-state index contributed by atoms with van der Waals surface area (Å²) in [7, 11) is 1.60. The van der Waals surface area contributed by atoms with Gasteiger partial charge in [0.1, 0.15) is 5.60 Å². The summed E-state index contributed by atoms with van der Waals surface area (Å²) in [4.78, 5) is 25.8. The van der Waals surface area contributed by atoms with Gasteiger partial charge in [-0.2, -0.15) is 0 Å². The number of nitrogens with zero attached hydrogens (tertiary/aromatic N) is 1. The van der Waals surface area contributed by atoms with Crippen LogP contribution in [0.2, 0.25) is 0 Å². The molecule has 1 atom stereocenters. The Hall–Kier alpha value is -2.64. The normalized spacial score (nSPS) is 22.0. The smallest absolute Gasteiger partial charge is 0.407 e. The minimum absolute atomic E-state index is 0.130. The highest BCUT2D eigenvalue weighted by molar-refractivity contribution is 5.74. The Labute approximate surface area is 159 Å². The van der Waals surface area contributed by atoms with Gasteiger partial charge >= 0.3 is 12.1 Å². The van der Waals surface area contributed by atoms with Gasteiger partial charge in [0.25, 0.3) is 0 Å². The molecule has 27 heavy (non-hydrogen) atoms. The number of hydrogen-bond acceptors (Lipinski definition) is 5. The highest BCUT2D eigenvalue weighted by Crippen LogP contribution is 2.31. The second-order valence-electron chi connectivity index (χ2n) is 6.81. The van der Waals surface area contributed by atoms with Crippen LogP contribution in [0.5, 0.6) is 11.5 Å². The van der Waals surface area contributed by atoms with Gasteiger partial charge in [0, 0.05) is 31.6 Å². The molecule has 1 aromatic carbocycles. The van der Waals surface area contributed by atoms with E-state index in [4.69, 9.17) is 14.2 Å². The first kappa shape index (κ1) is 19.1. The van der Waals surface area contributed by atoms with Crippen molar-refractivity contribution in [3.05, 3.63) is 23.8 Å². The lowest BCUT2D eigenvalue weighted by molar-refractivity contribution is 0.0453. The molecule has 0 radical (unpaired) electrons. The topological polar surface area (TPSA) is 89.1 Å². The lowest BCUT2D eigenvalue weighted by Crippen LogP contribution is -2.41. The summed E-state index contributed by atoms with van der Waals surface area (Å²) in [5.41, 5.74) is 0.394. The lowest BCUT2D eigenvalue weighted by Gasteiger charge is -2.25. The molecular weight excluding hydrogens is 350 g/mol. The Bertz CT molecular complexity index is 696. The molecule has 2 heterocycles. The quantitative estimate of drug-likeness (QED) is 0.822. The molecule has 0 aromatic heterocycles. The van der Waals surface area contributed by atoms with Crippen molar-refractivity contribution in [2.24, 2.45) is 0 Å². The highest BCUT2D eigenvalue weighted by atomic mass is 16.6. The molecule has 0 bridgehead atoms. The third-order valence-electron chi connectivity index (χ3n) is 5.05. The van der Waals surface area contributed by atoms with Gasteiger partial charge in [0.2, 0.25) is 0 Å². The molecule has 1 spiro atoms. The van der Waals surface area contributed by atoms with Crippen LogP contribution in [0.3, 0.4) is 0 Å². The number of ether oxygens (including phenoxy) is 3. The summed E-state index contributed by atoms with van der Waals surface area (Å²) < 4.78 is 16.5. The van der Waals surface area contributed by atoms with Crippen LogP contribution in [0.15, 0.2) is 18.2 Å². The largest absolute Gasteiger partial charge is 0.493 e. The first-order valence-corrected chi connectivity index (χ1v) is 9.35. The zero-order chi connectivity index (χ0) is 19.3. The van der Waals surface area contributed by atoms with E-state index in [-0.39, 0.29) is 12.1 Å². The number of benzene rings is 1. The molecule has 8 nitrogen and oxygen atoms in total. The Kier molecular flexibility index (Phi) is 5.93. The van der Waals surface area contributed by atoms with Crippen LogP contribution in [0.1, 0.15) is 31.7 Å². The van der Waals surface area contributed by atoms with E-state index in [0.717, 1.165) is 18.4 Å². The second kappa shape index (κ2) is 8.37. The number of amides is 3. The molecule has 0 aliphatic carbocycles. The van der Waals surface area contributed by atoms with Crippen molar-refractivity contribution in [3.8, 4) is 11.5 Å². The summed E-state index contributed by atoms with van der Waals surface area (Å²) >= 11 is 0. The average molecular weight is 377 g/mol. The van der Waals surface area contributed by atoms with E-state index in [0.29, 0.717) is 50.7 Å². The van der Waals surface area contributed by atoms with Crippen molar-refractivity contribution in [3.63, 3.8) is 0 Å². The third kappa shape index (κ3) is 4.37. The first-order valence-electron chi connectivity index (χ1n) is 9.35. The van der Waals surface area contributed by atoms with Crippen molar-refractivity contribution in [2.45, 2.75) is 38.3 Å². The Balaban J connectivity index is 1.59. The minimum atomic E-state index is -0.471. The van der Waals surface area contributed by atoms with Gasteiger partial charge < -0.3 is 29.7 Å². The number of para-hydroxylation sites is 1. The Morgan fingerprint density at radius 2 is 2.22 bits per heavy atom. The Morgan fingerprint density at radius 3 is 2.93 bits per heavy atom. The van der Waals surface area contributed by atoms with Gasteiger partial charge in [-0.3, -0.25) is 0 Å². The summed E-state index contributed by atoms with van der Waals surface area (Å²) in [6.07, 6.45) is 1.84. The monoisotopic (exact) mass is 377 g/mol. The standard InChI is InChI=1S/C19H27N3O5/c1-3-26-16-14(6-4-7-15(16)25-2)12-20-17(23)22-10-5-8-19(9-11-22)13-21-18(24)27-19/h4,6-7H,3,5,8-13H2,1-2H3,(H,20,23)(H,21,24)/t19-/m0/s1. The predicted octanol–water partition coefficient (Wildman–Crippen LogP) is 2.27. The van der Waals surface area contributed by atoms with Gasteiger partial charge in [-0.25, -0.2) is 9.59 Å². The van der Waals surface area contributed by atoms with E-state index in [2.05, 4.69) is 10.6 Å². The van der Waals surface area contributed by atoms with Crippen LogP contribution in [-0.4, -0.2) is 56.0 Å². The molecule has 3 rings (SSSR count). The van der Waals surface area contributed by atoms with Crippen LogP contribution < -0.4 is 20.1 Å². The molecule has 2 aliphatic heterocycles. The molecule has 148 valence electrons. The molecular formula is C19H27N3O5. The van der Waals surface area contributed by atoms with Crippen molar-refractivity contribution in [1.82, 2.24) is 15.5 Å². The number of carbonyl (C=O) groups excluding carboxylic acids is 2. The summed E-state index contributed by atoms with van der Waals surface area (Å²) in [5, 5.41) is 5.68. The SMILES string of the molecule is CCOc1c(CNC(=O)N2CCC[C@]3(CC2)CNC(=O)O3)cccc1OC. The number of urea groups is 1. The molecule has 2 saturated heterocycles. The molecule has 2 fully saturated rings. The van der Waals surface area contributed by atoms with E-state index in [1.807, 2.05) is 25.1 Å². The fourth-order valence-corrected chi connectivity index (χ4v) is 3.60. The number of methoxy groups -OCH3 is 1. The summed E-state index contributed by atoms with van der Waals surface area (Å²) in [6.45, 7) is 4.49. The van der Waals surface area contributed by atoms with Crippen molar-refractivity contribution < 1.29 is 23.8 Å². The van der Waals surface area contributed by atoms with Crippen LogP contribution in [-0.2, 0) is 11.3 Å². The van der Waals surface area contributed by atoms with Crippen LogP contribution in [0.4, 0.5) is 9.59 Å². The zero-order valence-electron chi connectivity index (χ0n) is 15.9. The van der Waals surface area contributed by atoms with Crippen molar-refractivity contribution >= 4 is 12.1 Å². The predicted molar refractivity (Wildman–Crippen MR) is 99.0 cm³/mol. The third-order valence-corrected chi connectivity index (χ3v) is 5.05. The first-order chi connectivity index (χ1) is 13.1. The number of alkyl carbamates (subject to hydrolysis) is 1. The number of rotatable bonds is 5. The number of carbonyl (C=O) groups is 2.